The maximum atomic E-state index is 11.0. The minimum Gasteiger partial charge on any atom is -0.307 e. The Morgan fingerprint density at radius 1 is 1.25 bits per heavy atom. The second-order valence-corrected chi connectivity index (χ2v) is 2.45. The van der Waals surface area contributed by atoms with Crippen LogP contribution in [0.4, 0.5) is 0 Å². The Kier molecular flexibility index (Phi) is 2.28. The molecule has 0 aliphatic carbocycles. The van der Waals surface area contributed by atoms with Crippen molar-refractivity contribution in [3.05, 3.63) is 38.2 Å². The van der Waals surface area contributed by atoms with Gasteiger partial charge in [0.25, 0.3) is 5.56 Å². The van der Waals surface area contributed by atoms with E-state index in [0.717, 1.165) is 0 Å². The zero-order valence-corrected chi connectivity index (χ0v) is 6.97. The Morgan fingerprint density at radius 3 is 2.50 bits per heavy atom. The lowest BCUT2D eigenvalue weighted by Crippen LogP contribution is -2.25. The average molecular weight is 166 g/mol. The van der Waals surface area contributed by atoms with Gasteiger partial charge >= 0.3 is 5.69 Å². The fraction of sp³-hybridized carbons (Fsp3) is 0.250. The maximum absolute atomic E-state index is 11.0. The first kappa shape index (κ1) is 8.52. The smallest absolute Gasteiger partial charge is 0.307 e. The van der Waals surface area contributed by atoms with Crippen LogP contribution in [0.25, 0.3) is 6.08 Å². The van der Waals surface area contributed by atoms with Gasteiger partial charge in [-0.15, -0.1) is 0 Å². The summed E-state index contributed by atoms with van der Waals surface area (Å²) < 4.78 is 0. The molecule has 0 saturated heterocycles. The number of nitrogens with one attached hydrogen (secondary N) is 2. The number of hydrogen-bond acceptors (Lipinski definition) is 2. The van der Waals surface area contributed by atoms with E-state index in [0.29, 0.717) is 11.3 Å². The molecule has 0 atom stereocenters. The topological polar surface area (TPSA) is 65.7 Å². The molecule has 1 heterocycles. The SMILES string of the molecule is C/C=C\c1[nH]c(=O)[nH]c(=O)c1C. The molecule has 2 N–H and O–H groups in total. The summed E-state index contributed by atoms with van der Waals surface area (Å²) in [4.78, 5) is 26.5. The molecule has 0 saturated carbocycles. The molecule has 0 aliphatic rings. The van der Waals surface area contributed by atoms with Crippen LogP contribution in [0.1, 0.15) is 18.2 Å². The number of aromatic amines is 2. The van der Waals surface area contributed by atoms with Crippen molar-refractivity contribution >= 4 is 6.08 Å². The molecule has 4 nitrogen and oxygen atoms in total. The van der Waals surface area contributed by atoms with E-state index in [4.69, 9.17) is 0 Å². The van der Waals surface area contributed by atoms with Gasteiger partial charge in [0, 0.05) is 5.56 Å². The van der Waals surface area contributed by atoms with Crippen molar-refractivity contribution in [3.63, 3.8) is 0 Å². The number of hydrogen-bond donors (Lipinski definition) is 2. The van der Waals surface area contributed by atoms with E-state index in [2.05, 4.69) is 9.97 Å². The number of rotatable bonds is 1. The molecule has 1 aromatic rings. The first-order valence-electron chi connectivity index (χ1n) is 3.61. The number of aromatic nitrogens is 2. The number of H-pyrrole nitrogens is 2. The van der Waals surface area contributed by atoms with Crippen LogP contribution >= 0.6 is 0 Å². The summed E-state index contributed by atoms with van der Waals surface area (Å²) in [5, 5.41) is 0. The molecule has 64 valence electrons. The van der Waals surface area contributed by atoms with Gasteiger partial charge in [-0.2, -0.15) is 0 Å². The Bertz CT molecular complexity index is 412. The van der Waals surface area contributed by atoms with Gasteiger partial charge in [-0.25, -0.2) is 4.79 Å². The van der Waals surface area contributed by atoms with Gasteiger partial charge < -0.3 is 4.98 Å². The molecule has 1 aromatic heterocycles. The summed E-state index contributed by atoms with van der Waals surface area (Å²) in [5.41, 5.74) is 0.268. The van der Waals surface area contributed by atoms with Gasteiger partial charge in [0.05, 0.1) is 5.69 Å². The predicted octanol–water partition coefficient (Wildman–Crippen LogP) is 0.405. The van der Waals surface area contributed by atoms with Crippen LogP contribution in [0.15, 0.2) is 15.7 Å². The van der Waals surface area contributed by atoms with Crippen molar-refractivity contribution in [1.29, 1.82) is 0 Å². The summed E-state index contributed by atoms with van der Waals surface area (Å²) >= 11 is 0. The molecule has 0 aliphatic heterocycles. The minimum atomic E-state index is -0.473. The third-order valence-corrected chi connectivity index (χ3v) is 1.55. The molecule has 0 amide bonds. The van der Waals surface area contributed by atoms with E-state index in [1.165, 1.54) is 0 Å². The molecule has 0 unspecified atom stereocenters. The average Bonchev–Trinajstić information content (AvgIpc) is 2.00. The summed E-state index contributed by atoms with van der Waals surface area (Å²) in [5.74, 6) is 0. The van der Waals surface area contributed by atoms with Crippen LogP contribution in [-0.4, -0.2) is 9.97 Å². The fourth-order valence-electron chi connectivity index (χ4n) is 0.900. The molecule has 12 heavy (non-hydrogen) atoms. The third kappa shape index (κ3) is 1.53. The standard InChI is InChI=1S/C8H10N2O2/c1-3-4-6-5(2)7(11)10-8(12)9-6/h3-4H,1-2H3,(H2,9,10,11,12)/b4-3-. The van der Waals surface area contributed by atoms with E-state index in [1.807, 2.05) is 6.92 Å². The molecule has 0 bridgehead atoms. The Morgan fingerprint density at radius 2 is 1.92 bits per heavy atom. The highest BCUT2D eigenvalue weighted by molar-refractivity contribution is 5.47. The molecule has 1 rings (SSSR count). The van der Waals surface area contributed by atoms with Crippen molar-refractivity contribution < 1.29 is 0 Å². The van der Waals surface area contributed by atoms with E-state index in [9.17, 15) is 9.59 Å². The van der Waals surface area contributed by atoms with Gasteiger partial charge in [0.2, 0.25) is 0 Å². The van der Waals surface area contributed by atoms with E-state index in [1.54, 1.807) is 19.1 Å². The quantitative estimate of drug-likeness (QED) is 0.634. The van der Waals surface area contributed by atoms with Crippen molar-refractivity contribution in [2.45, 2.75) is 13.8 Å². The van der Waals surface area contributed by atoms with Crippen molar-refractivity contribution in [1.82, 2.24) is 9.97 Å². The van der Waals surface area contributed by atoms with E-state index < -0.39 is 5.69 Å². The largest absolute Gasteiger partial charge is 0.326 e. The minimum absolute atomic E-state index is 0.341. The van der Waals surface area contributed by atoms with Crippen LogP contribution in [0.5, 0.6) is 0 Å². The van der Waals surface area contributed by atoms with Gasteiger partial charge in [-0.1, -0.05) is 6.08 Å². The summed E-state index contributed by atoms with van der Waals surface area (Å²) in [6.07, 6.45) is 3.45. The molecule has 0 spiro atoms. The van der Waals surface area contributed by atoms with Crippen molar-refractivity contribution in [3.8, 4) is 0 Å². The third-order valence-electron chi connectivity index (χ3n) is 1.55. The van der Waals surface area contributed by atoms with Crippen molar-refractivity contribution in [2.75, 3.05) is 0 Å². The van der Waals surface area contributed by atoms with E-state index >= 15 is 0 Å². The second kappa shape index (κ2) is 3.21. The molecular formula is C8H10N2O2. The molecule has 0 fully saturated rings. The van der Waals surface area contributed by atoms with Crippen LogP contribution in [0.2, 0.25) is 0 Å². The van der Waals surface area contributed by atoms with E-state index in [-0.39, 0.29) is 5.56 Å². The van der Waals surface area contributed by atoms with Gasteiger partial charge in [0.1, 0.15) is 0 Å². The van der Waals surface area contributed by atoms with Gasteiger partial charge in [-0.3, -0.25) is 9.78 Å². The first-order chi connectivity index (χ1) is 5.65. The zero-order chi connectivity index (χ0) is 9.14. The lowest BCUT2D eigenvalue weighted by Gasteiger charge is -1.96. The fourth-order valence-corrected chi connectivity index (χ4v) is 0.900. The maximum Gasteiger partial charge on any atom is 0.326 e. The van der Waals surface area contributed by atoms with Crippen LogP contribution in [0, 0.1) is 6.92 Å². The van der Waals surface area contributed by atoms with Gasteiger partial charge in [-0.05, 0) is 19.9 Å². The first-order valence-corrected chi connectivity index (χ1v) is 3.61. The monoisotopic (exact) mass is 166 g/mol. The lowest BCUT2D eigenvalue weighted by molar-refractivity contribution is 0.995. The predicted molar refractivity (Wildman–Crippen MR) is 47.1 cm³/mol. The normalized spacial score (nSPS) is 10.8. The lowest BCUT2D eigenvalue weighted by atomic mass is 10.2. The van der Waals surface area contributed by atoms with Crippen molar-refractivity contribution in [2.24, 2.45) is 0 Å². The number of allylic oxidation sites excluding steroid dienone is 1. The Hall–Kier alpha value is -1.58. The highest BCUT2D eigenvalue weighted by atomic mass is 16.2. The zero-order valence-electron chi connectivity index (χ0n) is 6.97. The Labute approximate surface area is 69.0 Å². The highest BCUT2D eigenvalue weighted by Gasteiger charge is 1.99. The van der Waals surface area contributed by atoms with Crippen LogP contribution in [-0.2, 0) is 0 Å². The summed E-state index contributed by atoms with van der Waals surface area (Å²) in [6.45, 7) is 3.48. The highest BCUT2D eigenvalue weighted by Crippen LogP contribution is 1.96. The summed E-state index contributed by atoms with van der Waals surface area (Å²) in [7, 11) is 0. The second-order valence-electron chi connectivity index (χ2n) is 2.45. The van der Waals surface area contributed by atoms with Crippen LogP contribution < -0.4 is 11.2 Å². The molecule has 4 heteroatoms. The summed E-state index contributed by atoms with van der Waals surface area (Å²) in [6, 6.07) is 0. The Balaban J connectivity index is 3.48. The van der Waals surface area contributed by atoms with Crippen LogP contribution in [0.3, 0.4) is 0 Å². The molecular weight excluding hydrogens is 156 g/mol. The van der Waals surface area contributed by atoms with Gasteiger partial charge in [0.15, 0.2) is 0 Å². The molecule has 0 aromatic carbocycles. The molecule has 0 radical (unpaired) electrons.